The molecule has 2 saturated carbocycles. The Morgan fingerprint density at radius 2 is 1.92 bits per heavy atom. The number of anilines is 1. The predicted octanol–water partition coefficient (Wildman–Crippen LogP) is 2.81. The molecule has 8 heteroatoms. The van der Waals surface area contributed by atoms with Crippen molar-refractivity contribution in [2.75, 3.05) is 18.8 Å². The number of piperidine rings is 1. The Morgan fingerprint density at radius 3 is 2.56 bits per heavy atom. The third-order valence-corrected chi connectivity index (χ3v) is 5.59. The molecule has 2 aromatic heterocycles. The van der Waals surface area contributed by atoms with Gasteiger partial charge in [-0.3, -0.25) is 0 Å². The lowest BCUT2D eigenvalue weighted by Gasteiger charge is -2.10. The van der Waals surface area contributed by atoms with Gasteiger partial charge in [0.25, 0.3) is 0 Å². The fourth-order valence-electron chi connectivity index (χ4n) is 4.07. The number of nitrogen functional groups attached to an aromatic ring is 1. The maximum atomic E-state index is 13.1. The maximum absolute atomic E-state index is 13.1. The van der Waals surface area contributed by atoms with Gasteiger partial charge in [0, 0.05) is 43.0 Å². The SMILES string of the molecule is Nc1ncc(-c2cn(C3[C@H]4CNC[C@@H]34)c(C3CC3)n2)cc1C(F)(F)F. The number of pyridine rings is 1. The Hall–Kier alpha value is -2.09. The summed E-state index contributed by atoms with van der Waals surface area (Å²) in [4.78, 5) is 8.42. The fraction of sp³-hybridized carbons (Fsp3) is 0.529. The number of fused-ring (bicyclic) bond motifs is 1. The first-order valence-corrected chi connectivity index (χ1v) is 8.56. The number of imidazole rings is 1. The molecule has 3 heterocycles. The van der Waals surface area contributed by atoms with Crippen LogP contribution in [0.1, 0.15) is 36.2 Å². The molecule has 1 unspecified atom stereocenters. The average Bonchev–Trinajstić information content (AvgIpc) is 3.43. The molecule has 0 aromatic carbocycles. The molecular weight excluding hydrogens is 331 g/mol. The third-order valence-electron chi connectivity index (χ3n) is 5.59. The van der Waals surface area contributed by atoms with Gasteiger partial charge in [-0.1, -0.05) is 0 Å². The van der Waals surface area contributed by atoms with Gasteiger partial charge in [-0.15, -0.1) is 0 Å². The Bertz CT molecular complexity index is 829. The summed E-state index contributed by atoms with van der Waals surface area (Å²) < 4.78 is 41.5. The smallest absolute Gasteiger partial charge is 0.383 e. The van der Waals surface area contributed by atoms with Gasteiger partial charge in [0.2, 0.25) is 0 Å². The molecule has 5 rings (SSSR count). The number of halogens is 3. The molecule has 1 aliphatic heterocycles. The molecule has 0 radical (unpaired) electrons. The summed E-state index contributed by atoms with van der Waals surface area (Å²) in [5, 5.41) is 3.37. The molecule has 5 nitrogen and oxygen atoms in total. The topological polar surface area (TPSA) is 68.8 Å². The molecule has 3 atom stereocenters. The second-order valence-corrected chi connectivity index (χ2v) is 7.30. The predicted molar refractivity (Wildman–Crippen MR) is 85.7 cm³/mol. The van der Waals surface area contributed by atoms with E-state index >= 15 is 0 Å². The summed E-state index contributed by atoms with van der Waals surface area (Å²) in [7, 11) is 0. The van der Waals surface area contributed by atoms with Crippen molar-refractivity contribution in [3.05, 3.63) is 29.8 Å². The van der Waals surface area contributed by atoms with Crippen LogP contribution in [-0.4, -0.2) is 27.6 Å². The van der Waals surface area contributed by atoms with Crippen molar-refractivity contribution >= 4 is 5.82 Å². The number of alkyl halides is 3. The van der Waals surface area contributed by atoms with Gasteiger partial charge in [0.05, 0.1) is 11.3 Å². The number of aromatic nitrogens is 3. The Morgan fingerprint density at radius 1 is 1.20 bits per heavy atom. The zero-order valence-corrected chi connectivity index (χ0v) is 13.4. The van der Waals surface area contributed by atoms with E-state index in [1.165, 1.54) is 6.20 Å². The van der Waals surface area contributed by atoms with Gasteiger partial charge in [-0.05, 0) is 30.7 Å². The molecule has 3 aliphatic rings. The summed E-state index contributed by atoms with van der Waals surface area (Å²) in [5.41, 5.74) is 5.42. The number of rotatable bonds is 3. The number of nitrogens with zero attached hydrogens (tertiary/aromatic N) is 3. The van der Waals surface area contributed by atoms with Gasteiger partial charge in [-0.25, -0.2) is 9.97 Å². The molecule has 3 fully saturated rings. The summed E-state index contributed by atoms with van der Waals surface area (Å²) >= 11 is 0. The zero-order chi connectivity index (χ0) is 17.3. The third kappa shape index (κ3) is 2.42. The lowest BCUT2D eigenvalue weighted by molar-refractivity contribution is -0.137. The number of nitrogens with two attached hydrogens (primary N) is 1. The monoisotopic (exact) mass is 349 g/mol. The second-order valence-electron chi connectivity index (χ2n) is 7.30. The molecule has 2 aromatic rings. The van der Waals surface area contributed by atoms with Crippen molar-refractivity contribution < 1.29 is 13.2 Å². The van der Waals surface area contributed by atoms with E-state index in [1.807, 2.05) is 6.20 Å². The van der Waals surface area contributed by atoms with E-state index in [0.717, 1.165) is 37.8 Å². The second kappa shape index (κ2) is 4.97. The summed E-state index contributed by atoms with van der Waals surface area (Å²) in [6, 6.07) is 1.49. The van der Waals surface area contributed by atoms with Gasteiger partial charge in [0.1, 0.15) is 11.6 Å². The highest BCUT2D eigenvalue weighted by molar-refractivity contribution is 5.62. The van der Waals surface area contributed by atoms with Crippen LogP contribution >= 0.6 is 0 Å². The molecule has 25 heavy (non-hydrogen) atoms. The van der Waals surface area contributed by atoms with Crippen LogP contribution in [0.4, 0.5) is 19.0 Å². The molecule has 3 N–H and O–H groups in total. The molecule has 0 amide bonds. The van der Waals surface area contributed by atoms with Crippen LogP contribution in [0.25, 0.3) is 11.3 Å². The highest BCUT2D eigenvalue weighted by Crippen LogP contribution is 2.55. The van der Waals surface area contributed by atoms with E-state index in [0.29, 0.717) is 35.1 Å². The van der Waals surface area contributed by atoms with Gasteiger partial charge < -0.3 is 15.6 Å². The number of nitrogens with one attached hydrogen (secondary N) is 1. The summed E-state index contributed by atoms with van der Waals surface area (Å²) in [6.45, 7) is 2.02. The van der Waals surface area contributed by atoms with E-state index in [4.69, 9.17) is 5.73 Å². The van der Waals surface area contributed by atoms with Crippen molar-refractivity contribution in [1.29, 1.82) is 0 Å². The first-order valence-electron chi connectivity index (χ1n) is 8.56. The molecule has 1 saturated heterocycles. The van der Waals surface area contributed by atoms with Crippen LogP contribution in [0, 0.1) is 11.8 Å². The largest absolute Gasteiger partial charge is 0.419 e. The maximum Gasteiger partial charge on any atom is 0.419 e. The van der Waals surface area contributed by atoms with E-state index in [9.17, 15) is 13.2 Å². The van der Waals surface area contributed by atoms with Crippen LogP contribution in [0.3, 0.4) is 0 Å². The average molecular weight is 349 g/mol. The normalized spacial score (nSPS) is 28.2. The molecular formula is C17H18F3N5. The van der Waals surface area contributed by atoms with Crippen LogP contribution in [0.15, 0.2) is 18.5 Å². The van der Waals surface area contributed by atoms with Gasteiger partial charge in [-0.2, -0.15) is 13.2 Å². The van der Waals surface area contributed by atoms with E-state index in [2.05, 4.69) is 19.9 Å². The van der Waals surface area contributed by atoms with Gasteiger partial charge in [0.15, 0.2) is 0 Å². The molecule has 0 bridgehead atoms. The van der Waals surface area contributed by atoms with E-state index in [1.54, 1.807) is 0 Å². The molecule has 0 spiro atoms. The summed E-state index contributed by atoms with van der Waals surface area (Å²) in [5.74, 6) is 2.19. The zero-order valence-electron chi connectivity index (χ0n) is 13.4. The van der Waals surface area contributed by atoms with Crippen LogP contribution in [0.2, 0.25) is 0 Å². The molecule has 2 aliphatic carbocycles. The van der Waals surface area contributed by atoms with Crippen molar-refractivity contribution in [1.82, 2.24) is 19.9 Å². The highest BCUT2D eigenvalue weighted by atomic mass is 19.4. The van der Waals surface area contributed by atoms with Gasteiger partial charge >= 0.3 is 6.18 Å². The van der Waals surface area contributed by atoms with Crippen molar-refractivity contribution in [2.45, 2.75) is 31.0 Å². The first kappa shape index (κ1) is 15.2. The Labute approximate surface area is 142 Å². The highest BCUT2D eigenvalue weighted by Gasteiger charge is 2.55. The Kier molecular flexibility index (Phi) is 3.02. The van der Waals surface area contributed by atoms with Crippen molar-refractivity contribution in [2.24, 2.45) is 11.8 Å². The van der Waals surface area contributed by atoms with Crippen LogP contribution in [-0.2, 0) is 6.18 Å². The summed E-state index contributed by atoms with van der Waals surface area (Å²) in [6.07, 6.45) is 0.969. The number of hydrogen-bond donors (Lipinski definition) is 2. The standard InChI is InChI=1S/C17H18F3N5/c18-17(19,20)12-3-9(4-23-15(12)21)13-7-25(16(24-13)8-1-2-8)14-10-5-22-6-11(10)14/h3-4,7-8,10-11,14,22H,1-2,5-6H2,(H2,21,23)/t10-,11+,14?. The minimum atomic E-state index is -4.52. The van der Waals surface area contributed by atoms with Crippen molar-refractivity contribution in [3.8, 4) is 11.3 Å². The Balaban J connectivity index is 1.55. The van der Waals surface area contributed by atoms with Crippen LogP contribution < -0.4 is 11.1 Å². The quantitative estimate of drug-likeness (QED) is 0.894. The fourth-order valence-corrected chi connectivity index (χ4v) is 4.07. The van der Waals surface area contributed by atoms with E-state index in [-0.39, 0.29) is 0 Å². The minimum absolute atomic E-state index is 0.367. The lowest BCUT2D eigenvalue weighted by atomic mass is 10.1. The van der Waals surface area contributed by atoms with Crippen molar-refractivity contribution in [3.63, 3.8) is 0 Å². The number of hydrogen-bond acceptors (Lipinski definition) is 4. The molecule has 132 valence electrons. The van der Waals surface area contributed by atoms with E-state index < -0.39 is 17.6 Å². The minimum Gasteiger partial charge on any atom is -0.383 e. The van der Waals surface area contributed by atoms with Crippen LogP contribution in [0.5, 0.6) is 0 Å². The first-order chi connectivity index (χ1) is 11.9. The lowest BCUT2D eigenvalue weighted by Crippen LogP contribution is -2.17.